The van der Waals surface area contributed by atoms with Crippen molar-refractivity contribution in [2.75, 3.05) is 12.4 Å². The molecule has 1 aliphatic carbocycles. The molecule has 0 spiro atoms. The lowest BCUT2D eigenvalue weighted by Crippen LogP contribution is -2.37. The van der Waals surface area contributed by atoms with Crippen molar-refractivity contribution in [1.82, 2.24) is 0 Å². The molecule has 1 aromatic carbocycles. The number of halogens is 3. The molecule has 2 rings (SSSR count). The molecule has 1 aromatic rings. The summed E-state index contributed by atoms with van der Waals surface area (Å²) in [5.41, 5.74) is 0.165. The predicted octanol–water partition coefficient (Wildman–Crippen LogP) is 4.72. The Morgan fingerprint density at radius 1 is 1.47 bits per heavy atom. The monoisotopic (exact) mass is 338 g/mol. The molecule has 0 radical (unpaired) electrons. The van der Waals surface area contributed by atoms with Crippen LogP contribution < -0.4 is 4.74 Å². The molecule has 0 amide bonds. The number of ether oxygens (including phenoxy) is 1. The third-order valence-electron chi connectivity index (χ3n) is 3.26. The molecule has 94 valence electrons. The maximum Gasteiger partial charge on any atom is 0.145 e. The zero-order valence-electron chi connectivity index (χ0n) is 9.18. The van der Waals surface area contributed by atoms with Gasteiger partial charge in [0.25, 0.3) is 0 Å². The second kappa shape index (κ2) is 5.37. The Hall–Kier alpha value is 0.0700. The molecule has 0 saturated heterocycles. The van der Waals surface area contributed by atoms with Crippen molar-refractivity contribution in [2.45, 2.75) is 19.3 Å². The average Bonchev–Trinajstić information content (AvgIpc) is 2.24. The molecule has 0 N–H and O–H groups in total. The van der Waals surface area contributed by atoms with Crippen molar-refractivity contribution in [3.8, 4) is 5.75 Å². The largest absolute Gasteiger partial charge is 0.492 e. The molecule has 1 nitrogen and oxygen atoms in total. The number of hydrogen-bond acceptors (Lipinski definition) is 2. The summed E-state index contributed by atoms with van der Waals surface area (Å²) in [7, 11) is 0. The van der Waals surface area contributed by atoms with Crippen LogP contribution >= 0.6 is 40.2 Å². The molecule has 0 aromatic heterocycles. The third kappa shape index (κ3) is 2.91. The van der Waals surface area contributed by atoms with Gasteiger partial charge in [-0.15, -0.1) is 0 Å². The van der Waals surface area contributed by atoms with Crippen molar-refractivity contribution >= 4 is 40.2 Å². The first-order valence-corrected chi connectivity index (χ1v) is 7.25. The topological polar surface area (TPSA) is 9.23 Å². The Labute approximate surface area is 119 Å². The van der Waals surface area contributed by atoms with Gasteiger partial charge in [0, 0.05) is 11.5 Å². The Morgan fingerprint density at radius 3 is 2.71 bits per heavy atom. The van der Waals surface area contributed by atoms with Crippen molar-refractivity contribution in [1.29, 1.82) is 0 Å². The van der Waals surface area contributed by atoms with E-state index in [0.717, 1.165) is 18.6 Å². The highest BCUT2D eigenvalue weighted by Gasteiger charge is 2.36. The summed E-state index contributed by atoms with van der Waals surface area (Å²) < 4.78 is 19.7. The standard InChI is InChI=1S/C12H13BrClFOS/c13-8-4-9(14)10(15)5-11(8)16-6-12(7-17)2-1-3-12/h4-5,17H,1-3,6-7H2. The molecule has 17 heavy (non-hydrogen) atoms. The van der Waals surface area contributed by atoms with E-state index in [9.17, 15) is 4.39 Å². The van der Waals surface area contributed by atoms with Crippen LogP contribution in [-0.4, -0.2) is 12.4 Å². The fraction of sp³-hybridized carbons (Fsp3) is 0.500. The Bertz CT molecular complexity index is 418. The van der Waals surface area contributed by atoms with E-state index in [1.807, 2.05) is 0 Å². The average molecular weight is 340 g/mol. The van der Waals surface area contributed by atoms with Gasteiger partial charge in [0.2, 0.25) is 0 Å². The summed E-state index contributed by atoms with van der Waals surface area (Å²) in [5, 5.41) is 0.0942. The van der Waals surface area contributed by atoms with Gasteiger partial charge >= 0.3 is 0 Å². The number of rotatable bonds is 4. The Morgan fingerprint density at radius 2 is 2.18 bits per heavy atom. The van der Waals surface area contributed by atoms with Crippen LogP contribution in [0.15, 0.2) is 16.6 Å². The SMILES string of the molecule is Fc1cc(OCC2(CS)CCC2)c(Br)cc1Cl. The first kappa shape index (κ1) is 13.5. The first-order chi connectivity index (χ1) is 8.06. The van der Waals surface area contributed by atoms with Gasteiger partial charge in [0.1, 0.15) is 11.6 Å². The maximum absolute atomic E-state index is 13.3. The van der Waals surface area contributed by atoms with Crippen LogP contribution in [0.4, 0.5) is 4.39 Å². The van der Waals surface area contributed by atoms with E-state index in [4.69, 9.17) is 16.3 Å². The Balaban J connectivity index is 2.06. The van der Waals surface area contributed by atoms with Crippen LogP contribution in [-0.2, 0) is 0 Å². The summed E-state index contributed by atoms with van der Waals surface area (Å²) >= 11 is 13.3. The lowest BCUT2D eigenvalue weighted by atomic mass is 9.71. The molecule has 0 unspecified atom stereocenters. The van der Waals surface area contributed by atoms with Gasteiger partial charge in [-0.05, 0) is 40.6 Å². The molecule has 0 heterocycles. The highest BCUT2D eigenvalue weighted by Crippen LogP contribution is 2.42. The molecular formula is C12H13BrClFOS. The van der Waals surface area contributed by atoms with Gasteiger partial charge in [0.15, 0.2) is 0 Å². The molecule has 0 bridgehead atoms. The predicted molar refractivity (Wildman–Crippen MR) is 74.7 cm³/mol. The molecule has 5 heteroatoms. The Kier molecular flexibility index (Phi) is 4.26. The van der Waals surface area contributed by atoms with Gasteiger partial charge in [-0.2, -0.15) is 12.6 Å². The number of benzene rings is 1. The van der Waals surface area contributed by atoms with Crippen molar-refractivity contribution < 1.29 is 9.13 Å². The quantitative estimate of drug-likeness (QED) is 0.617. The lowest BCUT2D eigenvalue weighted by Gasteiger charge is -2.40. The third-order valence-corrected chi connectivity index (χ3v) is 4.84. The van der Waals surface area contributed by atoms with E-state index < -0.39 is 5.82 Å². The van der Waals surface area contributed by atoms with E-state index in [-0.39, 0.29) is 10.4 Å². The smallest absolute Gasteiger partial charge is 0.145 e. The van der Waals surface area contributed by atoms with Crippen LogP contribution in [0, 0.1) is 11.2 Å². The second-order valence-corrected chi connectivity index (χ2v) is 6.07. The lowest BCUT2D eigenvalue weighted by molar-refractivity contribution is 0.0823. The van der Waals surface area contributed by atoms with Crippen LogP contribution in [0.5, 0.6) is 5.75 Å². The van der Waals surface area contributed by atoms with Crippen LogP contribution in [0.25, 0.3) is 0 Å². The molecule has 0 aliphatic heterocycles. The summed E-state index contributed by atoms with van der Waals surface area (Å²) in [5.74, 6) is 0.846. The van der Waals surface area contributed by atoms with Crippen LogP contribution in [0.2, 0.25) is 5.02 Å². The van der Waals surface area contributed by atoms with Crippen LogP contribution in [0.3, 0.4) is 0 Å². The fourth-order valence-electron chi connectivity index (χ4n) is 1.87. The minimum absolute atomic E-state index is 0.0942. The van der Waals surface area contributed by atoms with Gasteiger partial charge in [-0.1, -0.05) is 18.0 Å². The molecule has 0 atom stereocenters. The zero-order chi connectivity index (χ0) is 12.5. The van der Waals surface area contributed by atoms with Gasteiger partial charge < -0.3 is 4.74 Å². The van der Waals surface area contributed by atoms with Gasteiger partial charge in [-0.3, -0.25) is 0 Å². The van der Waals surface area contributed by atoms with E-state index in [1.54, 1.807) is 0 Å². The highest BCUT2D eigenvalue weighted by molar-refractivity contribution is 9.10. The van der Waals surface area contributed by atoms with Crippen molar-refractivity contribution in [3.05, 3.63) is 27.4 Å². The second-order valence-electron chi connectivity index (χ2n) is 4.50. The molecular weight excluding hydrogens is 327 g/mol. The first-order valence-electron chi connectivity index (χ1n) is 5.44. The number of thiol groups is 1. The fourth-order valence-corrected chi connectivity index (χ4v) is 3.03. The van der Waals surface area contributed by atoms with E-state index in [2.05, 4.69) is 28.6 Å². The van der Waals surface area contributed by atoms with Gasteiger partial charge in [-0.25, -0.2) is 4.39 Å². The summed E-state index contributed by atoms with van der Waals surface area (Å²) in [6.07, 6.45) is 3.48. The summed E-state index contributed by atoms with van der Waals surface area (Å²) in [4.78, 5) is 0. The molecule has 1 aliphatic rings. The van der Waals surface area contributed by atoms with Gasteiger partial charge in [0.05, 0.1) is 16.1 Å². The molecule has 1 saturated carbocycles. The summed E-state index contributed by atoms with van der Waals surface area (Å²) in [6, 6.07) is 2.83. The normalized spacial score (nSPS) is 17.6. The summed E-state index contributed by atoms with van der Waals surface area (Å²) in [6.45, 7) is 0.580. The minimum atomic E-state index is -0.460. The highest BCUT2D eigenvalue weighted by atomic mass is 79.9. The van der Waals surface area contributed by atoms with E-state index >= 15 is 0 Å². The minimum Gasteiger partial charge on any atom is -0.492 e. The maximum atomic E-state index is 13.3. The van der Waals surface area contributed by atoms with E-state index in [1.165, 1.54) is 18.6 Å². The van der Waals surface area contributed by atoms with Crippen LogP contribution in [0.1, 0.15) is 19.3 Å². The molecule has 1 fully saturated rings. The zero-order valence-corrected chi connectivity index (χ0v) is 12.4. The van der Waals surface area contributed by atoms with Crippen molar-refractivity contribution in [3.63, 3.8) is 0 Å². The van der Waals surface area contributed by atoms with Crippen molar-refractivity contribution in [2.24, 2.45) is 5.41 Å². The number of hydrogen-bond donors (Lipinski definition) is 1. The van der Waals surface area contributed by atoms with E-state index in [0.29, 0.717) is 16.8 Å².